The van der Waals surface area contributed by atoms with E-state index in [0.717, 1.165) is 39.3 Å². The Morgan fingerprint density at radius 3 is 1.61 bits per heavy atom. The average molecular weight is 382 g/mol. The molecule has 0 amide bonds. The van der Waals surface area contributed by atoms with Crippen molar-refractivity contribution >= 4 is 11.6 Å². The van der Waals surface area contributed by atoms with Gasteiger partial charge in [0.15, 0.2) is 0 Å². The maximum Gasteiger partial charge on any atom is 0.0489 e. The summed E-state index contributed by atoms with van der Waals surface area (Å²) in [5, 5.41) is 0.758. The third-order valence-corrected chi connectivity index (χ3v) is 5.46. The molecule has 138 valence electrons. The monoisotopic (exact) mass is 381 g/mol. The molecule has 0 fully saturated rings. The molecule has 0 atom stereocenters. The first-order valence-electron chi connectivity index (χ1n) is 9.56. The van der Waals surface area contributed by atoms with Gasteiger partial charge >= 0.3 is 0 Å². The Morgan fingerprint density at radius 1 is 0.607 bits per heavy atom. The van der Waals surface area contributed by atoms with Gasteiger partial charge in [0.25, 0.3) is 0 Å². The molecule has 0 bridgehead atoms. The maximum absolute atomic E-state index is 6.59. The van der Waals surface area contributed by atoms with E-state index in [4.69, 9.17) is 11.6 Å². The number of hydrogen-bond acceptors (Lipinski definition) is 0. The molecule has 0 aromatic heterocycles. The Morgan fingerprint density at radius 2 is 1.07 bits per heavy atom. The lowest BCUT2D eigenvalue weighted by Gasteiger charge is -2.11. The molecular weight excluding hydrogens is 360 g/mol. The molecule has 1 heteroatoms. The fourth-order valence-electron chi connectivity index (χ4n) is 3.40. The van der Waals surface area contributed by atoms with Crippen LogP contribution in [0.1, 0.15) is 18.1 Å². The molecule has 0 nitrogen and oxygen atoms in total. The van der Waals surface area contributed by atoms with Gasteiger partial charge in [0.2, 0.25) is 0 Å². The summed E-state index contributed by atoms with van der Waals surface area (Å²) in [7, 11) is 0. The largest absolute Gasteiger partial charge is 0.199 e. The van der Waals surface area contributed by atoms with E-state index in [1.54, 1.807) is 0 Å². The molecule has 0 aliphatic heterocycles. The van der Waals surface area contributed by atoms with Crippen molar-refractivity contribution in [2.75, 3.05) is 0 Å². The van der Waals surface area contributed by atoms with Gasteiger partial charge in [0.05, 0.1) is 0 Å². The summed E-state index contributed by atoms with van der Waals surface area (Å²) >= 11 is 6.59. The van der Waals surface area contributed by atoms with Gasteiger partial charge in [-0.25, -0.2) is 0 Å². The fourth-order valence-corrected chi connectivity index (χ4v) is 3.69. The summed E-state index contributed by atoms with van der Waals surface area (Å²) in [5.74, 6) is 0. The van der Waals surface area contributed by atoms with Crippen molar-refractivity contribution in [1.29, 1.82) is 0 Å². The van der Waals surface area contributed by atoms with Crippen LogP contribution < -0.4 is 0 Å². The topological polar surface area (TPSA) is 0 Å². The summed E-state index contributed by atoms with van der Waals surface area (Å²) in [4.78, 5) is 0. The minimum absolute atomic E-state index is 0.758. The van der Waals surface area contributed by atoms with Crippen LogP contribution >= 0.6 is 11.6 Å². The molecule has 4 aromatic rings. The molecule has 0 aliphatic carbocycles. The van der Waals surface area contributed by atoms with Crippen LogP contribution in [0.25, 0.3) is 33.4 Å². The Hall–Kier alpha value is -2.96. The third-order valence-electron chi connectivity index (χ3n) is 5.15. The van der Waals surface area contributed by atoms with Crippen LogP contribution in [-0.4, -0.2) is 0 Å². The lowest BCUT2D eigenvalue weighted by Crippen LogP contribution is -1.85. The van der Waals surface area contributed by atoms with Crippen molar-refractivity contribution in [2.45, 2.75) is 13.3 Å². The Balaban J connectivity index is 1.60. The number of aryl methyl sites for hydroxylation is 1. The Labute approximate surface area is 172 Å². The van der Waals surface area contributed by atoms with Crippen LogP contribution in [0.4, 0.5) is 0 Å². The third kappa shape index (κ3) is 3.83. The zero-order valence-electron chi connectivity index (χ0n) is 16.0. The second-order valence-corrected chi connectivity index (χ2v) is 7.43. The van der Waals surface area contributed by atoms with E-state index in [9.17, 15) is 0 Å². The van der Waals surface area contributed by atoms with Gasteiger partial charge in [0, 0.05) is 5.02 Å². The van der Waals surface area contributed by atoms with E-state index in [1.165, 1.54) is 16.7 Å². The highest BCUT2D eigenvalue weighted by molar-refractivity contribution is 6.33. The van der Waals surface area contributed by atoms with Crippen molar-refractivity contribution in [3.63, 3.8) is 0 Å². The zero-order valence-corrected chi connectivity index (χ0v) is 16.7. The highest BCUT2D eigenvalue weighted by atomic mass is 35.5. The number of halogens is 1. The molecule has 28 heavy (non-hydrogen) atoms. The van der Waals surface area contributed by atoms with Crippen molar-refractivity contribution < 1.29 is 0 Å². The predicted octanol–water partition coefficient (Wildman–Crippen LogP) is 8.09. The molecule has 0 aliphatic rings. The SMILES string of the molecule is [CH2-]c1ccc(-c2ccc(-c3ccc(-c4ccc(CC)cc4)cc3)cc2Cl)cc1. The van der Waals surface area contributed by atoms with E-state index >= 15 is 0 Å². The van der Waals surface area contributed by atoms with Gasteiger partial charge in [-0.1, -0.05) is 79.2 Å². The van der Waals surface area contributed by atoms with Crippen molar-refractivity contribution in [1.82, 2.24) is 0 Å². The molecule has 0 spiro atoms. The summed E-state index contributed by atoms with van der Waals surface area (Å²) in [6, 6.07) is 31.8. The molecule has 0 heterocycles. The van der Waals surface area contributed by atoms with E-state index < -0.39 is 0 Å². The molecule has 0 saturated carbocycles. The summed E-state index contributed by atoms with van der Waals surface area (Å²) in [6.07, 6.45) is 1.06. The quantitative estimate of drug-likeness (QED) is 0.313. The van der Waals surface area contributed by atoms with Crippen LogP contribution in [0.3, 0.4) is 0 Å². The lowest BCUT2D eigenvalue weighted by molar-refractivity contribution is 1.14. The number of hydrogen-bond donors (Lipinski definition) is 0. The minimum Gasteiger partial charge on any atom is -0.199 e. The smallest absolute Gasteiger partial charge is 0.0489 e. The van der Waals surface area contributed by atoms with Gasteiger partial charge in [-0.3, -0.25) is 0 Å². The zero-order chi connectivity index (χ0) is 19.5. The second kappa shape index (κ2) is 7.96. The predicted molar refractivity (Wildman–Crippen MR) is 122 cm³/mol. The van der Waals surface area contributed by atoms with E-state index in [0.29, 0.717) is 0 Å². The first kappa shape index (κ1) is 18.4. The molecule has 4 rings (SSSR count). The lowest BCUT2D eigenvalue weighted by atomic mass is 9.97. The van der Waals surface area contributed by atoms with Gasteiger partial charge in [0.1, 0.15) is 0 Å². The van der Waals surface area contributed by atoms with Crippen LogP contribution in [0, 0.1) is 6.92 Å². The molecule has 4 aromatic carbocycles. The molecule has 0 saturated heterocycles. The normalized spacial score (nSPS) is 10.8. The maximum atomic E-state index is 6.59. The van der Waals surface area contributed by atoms with E-state index in [1.807, 2.05) is 18.2 Å². The van der Waals surface area contributed by atoms with Crippen LogP contribution in [0.2, 0.25) is 5.02 Å². The summed E-state index contributed by atoms with van der Waals surface area (Å²) < 4.78 is 0. The highest BCUT2D eigenvalue weighted by Gasteiger charge is 2.06. The van der Waals surface area contributed by atoms with Crippen molar-refractivity contribution in [3.8, 4) is 33.4 Å². The highest BCUT2D eigenvalue weighted by Crippen LogP contribution is 2.33. The first-order chi connectivity index (χ1) is 13.6. The van der Waals surface area contributed by atoms with Gasteiger partial charge in [-0.15, -0.1) is 12.1 Å². The standard InChI is InChI=1S/C27H22Cl/c1-3-20-6-10-21(11-7-20)22-12-14-23(15-13-22)25-16-17-26(27(28)18-25)24-8-4-19(2)5-9-24/h4-18H,2-3H2,1H3/q-1. The average Bonchev–Trinajstić information content (AvgIpc) is 2.75. The Bertz CT molecular complexity index is 1070. The first-order valence-corrected chi connectivity index (χ1v) is 9.93. The second-order valence-electron chi connectivity index (χ2n) is 7.02. The van der Waals surface area contributed by atoms with E-state index in [2.05, 4.69) is 86.6 Å². The van der Waals surface area contributed by atoms with Gasteiger partial charge in [-0.05, 0) is 51.4 Å². The number of benzene rings is 4. The summed E-state index contributed by atoms with van der Waals surface area (Å²) in [6.45, 7) is 6.11. The van der Waals surface area contributed by atoms with Gasteiger partial charge < -0.3 is 0 Å². The molecule has 0 N–H and O–H groups in total. The Kier molecular flexibility index (Phi) is 5.23. The molecule has 0 unspecified atom stereocenters. The summed E-state index contributed by atoms with van der Waals surface area (Å²) in [5.41, 5.74) is 9.26. The molecular formula is C27H22Cl-. The van der Waals surface area contributed by atoms with Gasteiger partial charge in [-0.2, -0.15) is 24.6 Å². The van der Waals surface area contributed by atoms with Crippen molar-refractivity contribution in [3.05, 3.63) is 114 Å². The molecule has 0 radical (unpaired) electrons. The van der Waals surface area contributed by atoms with Crippen molar-refractivity contribution in [2.24, 2.45) is 0 Å². The number of rotatable bonds is 4. The van der Waals surface area contributed by atoms with Crippen LogP contribution in [-0.2, 0) is 6.42 Å². The fraction of sp³-hybridized carbons (Fsp3) is 0.0741. The minimum atomic E-state index is 0.758. The van der Waals surface area contributed by atoms with Crippen LogP contribution in [0.15, 0.2) is 91.0 Å². The van der Waals surface area contributed by atoms with Crippen LogP contribution in [0.5, 0.6) is 0 Å². The van der Waals surface area contributed by atoms with E-state index in [-0.39, 0.29) is 0 Å².